The highest BCUT2D eigenvalue weighted by Crippen LogP contribution is 2.18. The van der Waals surface area contributed by atoms with Gasteiger partial charge < -0.3 is 15.2 Å². The molecular formula is C11H25NO2. The third-order valence-electron chi connectivity index (χ3n) is 2.60. The van der Waals surface area contributed by atoms with Crippen LogP contribution in [0.5, 0.6) is 0 Å². The van der Waals surface area contributed by atoms with E-state index < -0.39 is 0 Å². The zero-order chi connectivity index (χ0) is 11.0. The van der Waals surface area contributed by atoms with E-state index in [2.05, 4.69) is 13.8 Å². The molecule has 0 aliphatic carbocycles. The van der Waals surface area contributed by atoms with E-state index in [0.29, 0.717) is 19.8 Å². The lowest BCUT2D eigenvalue weighted by Gasteiger charge is -2.30. The Bertz CT molecular complexity index is 125. The molecule has 2 N–H and O–H groups in total. The summed E-state index contributed by atoms with van der Waals surface area (Å²) in [5.41, 5.74) is 5.57. The van der Waals surface area contributed by atoms with Gasteiger partial charge in [-0.3, -0.25) is 0 Å². The molecule has 0 amide bonds. The largest absolute Gasteiger partial charge is 0.376 e. The topological polar surface area (TPSA) is 44.5 Å². The lowest BCUT2D eigenvalue weighted by Crippen LogP contribution is -2.40. The summed E-state index contributed by atoms with van der Waals surface area (Å²) in [7, 11) is 0. The van der Waals surface area contributed by atoms with Gasteiger partial charge in [0.25, 0.3) is 0 Å². The molecule has 0 atom stereocenters. The van der Waals surface area contributed by atoms with Crippen molar-refractivity contribution in [2.45, 2.75) is 52.2 Å². The average molecular weight is 203 g/mol. The molecule has 3 heteroatoms. The Morgan fingerprint density at radius 3 is 2.07 bits per heavy atom. The third-order valence-corrected chi connectivity index (χ3v) is 2.60. The first kappa shape index (κ1) is 13.9. The summed E-state index contributed by atoms with van der Waals surface area (Å²) in [4.78, 5) is 0. The summed E-state index contributed by atoms with van der Waals surface area (Å²) in [5.74, 6) is 0. The summed E-state index contributed by atoms with van der Waals surface area (Å²) < 4.78 is 11.2. The van der Waals surface area contributed by atoms with Gasteiger partial charge in [-0.1, -0.05) is 13.8 Å². The molecule has 0 aromatic carbocycles. The molecule has 0 saturated heterocycles. The molecule has 0 unspecified atom stereocenters. The summed E-state index contributed by atoms with van der Waals surface area (Å²) in [6.07, 6.45) is 2.19. The van der Waals surface area contributed by atoms with Crippen molar-refractivity contribution in [2.75, 3.05) is 19.8 Å². The molecule has 3 nitrogen and oxygen atoms in total. The highest BCUT2D eigenvalue weighted by atomic mass is 16.5. The van der Waals surface area contributed by atoms with Crippen LogP contribution in [0.25, 0.3) is 0 Å². The summed E-state index contributed by atoms with van der Waals surface area (Å²) >= 11 is 0. The Hall–Kier alpha value is -0.120. The monoisotopic (exact) mass is 203 g/mol. The van der Waals surface area contributed by atoms with Gasteiger partial charge in [0.1, 0.15) is 0 Å². The Balaban J connectivity index is 3.71. The first-order valence-electron chi connectivity index (χ1n) is 5.55. The maximum absolute atomic E-state index is 5.78. The van der Waals surface area contributed by atoms with Crippen molar-refractivity contribution in [2.24, 2.45) is 5.73 Å². The van der Waals surface area contributed by atoms with Gasteiger partial charge in [-0.15, -0.1) is 0 Å². The summed E-state index contributed by atoms with van der Waals surface area (Å²) in [6.45, 7) is 10.1. The number of nitrogens with two attached hydrogens (primary N) is 1. The van der Waals surface area contributed by atoms with Gasteiger partial charge in [-0.25, -0.2) is 0 Å². The molecule has 0 rings (SSSR count). The second-order valence-corrected chi connectivity index (χ2v) is 3.86. The van der Waals surface area contributed by atoms with Crippen LogP contribution in [0.3, 0.4) is 0 Å². The van der Waals surface area contributed by atoms with Crippen LogP contribution in [-0.2, 0) is 9.47 Å². The van der Waals surface area contributed by atoms with Crippen molar-refractivity contribution < 1.29 is 9.47 Å². The maximum atomic E-state index is 5.78. The molecule has 0 aliphatic heterocycles. The fourth-order valence-electron chi connectivity index (χ4n) is 1.34. The van der Waals surface area contributed by atoms with Gasteiger partial charge in [0.2, 0.25) is 0 Å². The van der Waals surface area contributed by atoms with Crippen molar-refractivity contribution in [1.29, 1.82) is 0 Å². The molecular weight excluding hydrogens is 178 g/mol. The van der Waals surface area contributed by atoms with Crippen LogP contribution in [0.4, 0.5) is 0 Å². The lowest BCUT2D eigenvalue weighted by molar-refractivity contribution is -0.0737. The fraction of sp³-hybridized carbons (Fsp3) is 1.00. The maximum Gasteiger partial charge on any atom is 0.0800 e. The van der Waals surface area contributed by atoms with Gasteiger partial charge in [0.05, 0.1) is 24.9 Å². The molecule has 0 aromatic heterocycles. The zero-order valence-electron chi connectivity index (χ0n) is 10.0. The van der Waals surface area contributed by atoms with Gasteiger partial charge in [0.15, 0.2) is 0 Å². The van der Waals surface area contributed by atoms with E-state index >= 15 is 0 Å². The minimum atomic E-state index is -0.139. The summed E-state index contributed by atoms with van der Waals surface area (Å²) in [6, 6.07) is 0. The van der Waals surface area contributed by atoms with Gasteiger partial charge in [-0.2, -0.15) is 0 Å². The smallest absolute Gasteiger partial charge is 0.0800 e. The van der Waals surface area contributed by atoms with E-state index in [0.717, 1.165) is 12.8 Å². The van der Waals surface area contributed by atoms with E-state index in [9.17, 15) is 0 Å². The van der Waals surface area contributed by atoms with Crippen LogP contribution >= 0.6 is 0 Å². The predicted octanol–water partition coefficient (Wildman–Crippen LogP) is 1.95. The van der Waals surface area contributed by atoms with Gasteiger partial charge in [-0.05, 0) is 26.7 Å². The molecule has 0 saturated carbocycles. The molecule has 0 spiro atoms. The van der Waals surface area contributed by atoms with Crippen LogP contribution < -0.4 is 5.73 Å². The van der Waals surface area contributed by atoms with E-state index in [-0.39, 0.29) is 11.7 Å². The standard InChI is InChI=1S/C11H25NO2/c1-5-11(6-2,9-12)14-8-7-13-10(3)4/h10H,5-9,12H2,1-4H3. The molecule has 0 bridgehead atoms. The van der Waals surface area contributed by atoms with Crippen LogP contribution in [0.2, 0.25) is 0 Å². The molecule has 86 valence electrons. The first-order valence-corrected chi connectivity index (χ1v) is 5.55. The predicted molar refractivity (Wildman–Crippen MR) is 59.4 cm³/mol. The van der Waals surface area contributed by atoms with E-state index in [1.807, 2.05) is 13.8 Å². The second-order valence-electron chi connectivity index (χ2n) is 3.86. The van der Waals surface area contributed by atoms with Crippen molar-refractivity contribution >= 4 is 0 Å². The molecule has 0 radical (unpaired) electrons. The third kappa shape index (κ3) is 4.94. The van der Waals surface area contributed by atoms with Gasteiger partial charge >= 0.3 is 0 Å². The van der Waals surface area contributed by atoms with E-state index in [4.69, 9.17) is 15.2 Å². The minimum Gasteiger partial charge on any atom is -0.376 e. The van der Waals surface area contributed by atoms with E-state index in [1.54, 1.807) is 0 Å². The highest BCUT2D eigenvalue weighted by Gasteiger charge is 2.24. The highest BCUT2D eigenvalue weighted by molar-refractivity contribution is 4.78. The van der Waals surface area contributed by atoms with Gasteiger partial charge in [0, 0.05) is 6.54 Å². The normalized spacial score (nSPS) is 12.4. The van der Waals surface area contributed by atoms with Crippen molar-refractivity contribution in [3.05, 3.63) is 0 Å². The quantitative estimate of drug-likeness (QED) is 0.613. The van der Waals surface area contributed by atoms with Crippen LogP contribution in [0.1, 0.15) is 40.5 Å². The molecule has 0 fully saturated rings. The molecule has 0 heterocycles. The number of hydrogen-bond acceptors (Lipinski definition) is 3. The van der Waals surface area contributed by atoms with Crippen LogP contribution in [0, 0.1) is 0 Å². The SMILES string of the molecule is CCC(CC)(CN)OCCOC(C)C. The van der Waals surface area contributed by atoms with E-state index in [1.165, 1.54) is 0 Å². The van der Waals surface area contributed by atoms with Crippen LogP contribution in [0.15, 0.2) is 0 Å². The number of ether oxygens (including phenoxy) is 2. The van der Waals surface area contributed by atoms with Crippen molar-refractivity contribution in [1.82, 2.24) is 0 Å². The van der Waals surface area contributed by atoms with Crippen molar-refractivity contribution in [3.63, 3.8) is 0 Å². The Morgan fingerprint density at radius 2 is 1.71 bits per heavy atom. The Labute approximate surface area is 88.0 Å². The lowest BCUT2D eigenvalue weighted by atomic mass is 9.97. The zero-order valence-corrected chi connectivity index (χ0v) is 10.0. The minimum absolute atomic E-state index is 0.139. The molecule has 14 heavy (non-hydrogen) atoms. The molecule has 0 aliphatic rings. The number of rotatable bonds is 8. The summed E-state index contributed by atoms with van der Waals surface area (Å²) in [5, 5.41) is 0. The Morgan fingerprint density at radius 1 is 1.14 bits per heavy atom. The Kier molecular flexibility index (Phi) is 7.15. The molecule has 0 aromatic rings. The first-order chi connectivity index (χ1) is 6.60. The van der Waals surface area contributed by atoms with Crippen molar-refractivity contribution in [3.8, 4) is 0 Å². The fourth-order valence-corrected chi connectivity index (χ4v) is 1.34. The number of hydrogen-bond donors (Lipinski definition) is 1. The van der Waals surface area contributed by atoms with Crippen LogP contribution in [-0.4, -0.2) is 31.5 Å². The average Bonchev–Trinajstić information content (AvgIpc) is 2.19. The second kappa shape index (κ2) is 7.21.